The van der Waals surface area contributed by atoms with Crippen molar-refractivity contribution in [2.24, 2.45) is 5.73 Å². The lowest BCUT2D eigenvalue weighted by Crippen LogP contribution is -2.24. The van der Waals surface area contributed by atoms with E-state index in [0.29, 0.717) is 12.1 Å². The molecule has 0 aliphatic heterocycles. The van der Waals surface area contributed by atoms with Gasteiger partial charge in [-0.3, -0.25) is 0 Å². The molecule has 18 heavy (non-hydrogen) atoms. The highest BCUT2D eigenvalue weighted by molar-refractivity contribution is 5.77. The Morgan fingerprint density at radius 3 is 2.56 bits per heavy atom. The summed E-state index contributed by atoms with van der Waals surface area (Å²) in [5.41, 5.74) is 3.81. The number of hydrogen-bond donors (Lipinski definition) is 1. The van der Waals surface area contributed by atoms with Crippen molar-refractivity contribution in [1.82, 2.24) is 0 Å². The molecule has 0 fully saturated rings. The Balaban J connectivity index is 3.09. The van der Waals surface area contributed by atoms with Gasteiger partial charge in [-0.25, -0.2) is 9.18 Å². The smallest absolute Gasteiger partial charge is 0.419 e. The van der Waals surface area contributed by atoms with Crippen LogP contribution in [0.4, 0.5) is 17.6 Å². The SMILES string of the molecule is CCOC(=O)C(N)c1ccc(F)c(C(F)(F)F)c1. The Morgan fingerprint density at radius 1 is 1.44 bits per heavy atom. The maximum Gasteiger partial charge on any atom is 0.419 e. The molecule has 2 N–H and O–H groups in total. The lowest BCUT2D eigenvalue weighted by atomic mass is 10.0. The average Bonchev–Trinajstić information content (AvgIpc) is 2.27. The zero-order chi connectivity index (χ0) is 13.9. The van der Waals surface area contributed by atoms with E-state index in [4.69, 9.17) is 5.73 Å². The van der Waals surface area contributed by atoms with Crippen LogP contribution in [0.2, 0.25) is 0 Å². The Labute approximate surface area is 101 Å². The van der Waals surface area contributed by atoms with Crippen molar-refractivity contribution in [3.63, 3.8) is 0 Å². The molecule has 0 spiro atoms. The molecule has 0 saturated heterocycles. The largest absolute Gasteiger partial charge is 0.465 e. The molecule has 0 aromatic heterocycles. The molecular formula is C11H11F4NO2. The number of alkyl halides is 3. The summed E-state index contributed by atoms with van der Waals surface area (Å²) >= 11 is 0. The minimum Gasteiger partial charge on any atom is -0.465 e. The molecule has 7 heteroatoms. The van der Waals surface area contributed by atoms with E-state index in [-0.39, 0.29) is 12.2 Å². The van der Waals surface area contributed by atoms with Crippen LogP contribution >= 0.6 is 0 Å². The van der Waals surface area contributed by atoms with Crippen LogP contribution in [0.25, 0.3) is 0 Å². The zero-order valence-electron chi connectivity index (χ0n) is 9.42. The highest BCUT2D eigenvalue weighted by atomic mass is 19.4. The summed E-state index contributed by atoms with van der Waals surface area (Å²) in [6.45, 7) is 1.59. The van der Waals surface area contributed by atoms with Gasteiger partial charge < -0.3 is 10.5 Å². The summed E-state index contributed by atoms with van der Waals surface area (Å²) < 4.78 is 54.9. The van der Waals surface area contributed by atoms with E-state index in [0.717, 1.165) is 6.07 Å². The molecule has 0 amide bonds. The van der Waals surface area contributed by atoms with E-state index in [2.05, 4.69) is 4.74 Å². The van der Waals surface area contributed by atoms with Crippen LogP contribution in [-0.4, -0.2) is 12.6 Å². The van der Waals surface area contributed by atoms with Crippen molar-refractivity contribution in [2.45, 2.75) is 19.1 Å². The number of benzene rings is 1. The number of halogens is 4. The summed E-state index contributed by atoms with van der Waals surface area (Å²) in [5.74, 6) is -2.28. The molecule has 100 valence electrons. The Hall–Kier alpha value is -1.63. The van der Waals surface area contributed by atoms with Gasteiger partial charge in [-0.15, -0.1) is 0 Å². The topological polar surface area (TPSA) is 52.3 Å². The third-order valence-electron chi connectivity index (χ3n) is 2.20. The van der Waals surface area contributed by atoms with Gasteiger partial charge in [0.1, 0.15) is 11.9 Å². The predicted molar refractivity (Wildman–Crippen MR) is 55.0 cm³/mol. The minimum atomic E-state index is -4.84. The molecule has 0 bridgehead atoms. The molecule has 0 radical (unpaired) electrons. The van der Waals surface area contributed by atoms with Crippen LogP contribution < -0.4 is 5.73 Å². The summed E-state index contributed by atoms with van der Waals surface area (Å²) in [4.78, 5) is 11.3. The summed E-state index contributed by atoms with van der Waals surface area (Å²) in [6, 6.07) is 0.784. The van der Waals surface area contributed by atoms with Crippen molar-refractivity contribution in [3.8, 4) is 0 Å². The standard InChI is InChI=1S/C11H11F4NO2/c1-2-18-10(17)9(16)6-3-4-8(12)7(5-6)11(13,14)15/h3-5,9H,2,16H2,1H3. The van der Waals surface area contributed by atoms with Crippen LogP contribution in [0.3, 0.4) is 0 Å². The summed E-state index contributed by atoms with van der Waals surface area (Å²) in [7, 11) is 0. The maximum absolute atomic E-state index is 13.0. The van der Waals surface area contributed by atoms with E-state index in [9.17, 15) is 22.4 Å². The van der Waals surface area contributed by atoms with Gasteiger partial charge in [-0.05, 0) is 24.6 Å². The lowest BCUT2D eigenvalue weighted by Gasteiger charge is -2.14. The van der Waals surface area contributed by atoms with Crippen LogP contribution in [0.15, 0.2) is 18.2 Å². The number of carbonyl (C=O) groups is 1. The van der Waals surface area contributed by atoms with Gasteiger partial charge in [-0.1, -0.05) is 6.07 Å². The van der Waals surface area contributed by atoms with E-state index < -0.39 is 29.6 Å². The molecule has 0 aliphatic rings. The highest BCUT2D eigenvalue weighted by Crippen LogP contribution is 2.32. The molecule has 1 rings (SSSR count). The first-order valence-electron chi connectivity index (χ1n) is 5.06. The monoisotopic (exact) mass is 265 g/mol. The molecule has 3 nitrogen and oxygen atoms in total. The van der Waals surface area contributed by atoms with E-state index in [1.807, 2.05) is 0 Å². The van der Waals surface area contributed by atoms with Crippen molar-refractivity contribution in [2.75, 3.05) is 6.61 Å². The van der Waals surface area contributed by atoms with Crippen LogP contribution in [0, 0.1) is 5.82 Å². The van der Waals surface area contributed by atoms with Crippen molar-refractivity contribution in [3.05, 3.63) is 35.1 Å². The number of nitrogens with two attached hydrogens (primary N) is 1. The first-order chi connectivity index (χ1) is 8.27. The fourth-order valence-corrected chi connectivity index (χ4v) is 1.32. The van der Waals surface area contributed by atoms with Gasteiger partial charge in [0.15, 0.2) is 0 Å². The number of carbonyl (C=O) groups excluding carboxylic acids is 1. The second kappa shape index (κ2) is 5.34. The second-order valence-electron chi connectivity index (χ2n) is 3.47. The van der Waals surface area contributed by atoms with Gasteiger partial charge in [0.25, 0.3) is 0 Å². The molecular weight excluding hydrogens is 254 g/mol. The molecule has 0 aliphatic carbocycles. The van der Waals surface area contributed by atoms with E-state index >= 15 is 0 Å². The van der Waals surface area contributed by atoms with Gasteiger partial charge >= 0.3 is 12.1 Å². The quantitative estimate of drug-likeness (QED) is 0.674. The van der Waals surface area contributed by atoms with Gasteiger partial charge in [0.2, 0.25) is 0 Å². The molecule has 0 heterocycles. The van der Waals surface area contributed by atoms with E-state index in [1.54, 1.807) is 0 Å². The summed E-state index contributed by atoms with van der Waals surface area (Å²) in [6.07, 6.45) is -4.84. The van der Waals surface area contributed by atoms with Crippen LogP contribution in [-0.2, 0) is 15.7 Å². The predicted octanol–water partition coefficient (Wildman–Crippen LogP) is 2.41. The maximum atomic E-state index is 13.0. The van der Waals surface area contributed by atoms with Crippen molar-refractivity contribution < 1.29 is 27.1 Å². The third-order valence-corrected chi connectivity index (χ3v) is 2.20. The number of hydrogen-bond acceptors (Lipinski definition) is 3. The average molecular weight is 265 g/mol. The zero-order valence-corrected chi connectivity index (χ0v) is 9.42. The summed E-state index contributed by atoms with van der Waals surface area (Å²) in [5, 5.41) is 0. The highest BCUT2D eigenvalue weighted by Gasteiger charge is 2.35. The molecule has 1 atom stereocenters. The Morgan fingerprint density at radius 2 is 2.06 bits per heavy atom. The normalized spacial score (nSPS) is 13.2. The Bertz CT molecular complexity index is 445. The number of rotatable bonds is 3. The Kier molecular flexibility index (Phi) is 4.28. The van der Waals surface area contributed by atoms with E-state index in [1.165, 1.54) is 6.92 Å². The van der Waals surface area contributed by atoms with Crippen LogP contribution in [0.1, 0.15) is 24.1 Å². The second-order valence-corrected chi connectivity index (χ2v) is 3.47. The molecule has 1 aromatic carbocycles. The van der Waals surface area contributed by atoms with Gasteiger partial charge in [0.05, 0.1) is 12.2 Å². The first kappa shape index (κ1) is 14.4. The lowest BCUT2D eigenvalue weighted by molar-refractivity contribution is -0.145. The van der Waals surface area contributed by atoms with Gasteiger partial charge in [-0.2, -0.15) is 13.2 Å². The number of esters is 1. The molecule has 0 saturated carbocycles. The van der Waals surface area contributed by atoms with Crippen molar-refractivity contribution in [1.29, 1.82) is 0 Å². The number of ether oxygens (including phenoxy) is 1. The molecule has 1 aromatic rings. The fourth-order valence-electron chi connectivity index (χ4n) is 1.32. The molecule has 1 unspecified atom stereocenters. The fraction of sp³-hybridized carbons (Fsp3) is 0.364. The van der Waals surface area contributed by atoms with Crippen molar-refractivity contribution >= 4 is 5.97 Å². The van der Waals surface area contributed by atoms with Crippen LogP contribution in [0.5, 0.6) is 0 Å². The van der Waals surface area contributed by atoms with Gasteiger partial charge in [0, 0.05) is 0 Å². The first-order valence-corrected chi connectivity index (χ1v) is 5.06. The third kappa shape index (κ3) is 3.19. The minimum absolute atomic E-state index is 0.0554.